The van der Waals surface area contributed by atoms with Crippen molar-refractivity contribution in [3.63, 3.8) is 0 Å². The third kappa shape index (κ3) is 3.07. The van der Waals surface area contributed by atoms with Gasteiger partial charge in [-0.2, -0.15) is 0 Å². The van der Waals surface area contributed by atoms with Crippen molar-refractivity contribution in [2.75, 3.05) is 13.7 Å². The zero-order valence-electron chi connectivity index (χ0n) is 10.9. The molecule has 3 heteroatoms. The summed E-state index contributed by atoms with van der Waals surface area (Å²) in [6, 6.07) is 3.91. The lowest BCUT2D eigenvalue weighted by atomic mass is 9.88. The first-order valence-corrected chi connectivity index (χ1v) is 5.77. The molecule has 0 spiro atoms. The lowest BCUT2D eigenvalue weighted by Crippen LogP contribution is -2.15. The standard InChI is InChI=1S/C14H20O3/c1-9-5-6-12(11(3)10(9)2)13(14(15)16)7-8-17-4/h5-6,13H,7-8H2,1-4H3,(H,15,16). The number of ether oxygens (including phenoxy) is 1. The summed E-state index contributed by atoms with van der Waals surface area (Å²) in [5, 5.41) is 9.28. The van der Waals surface area contributed by atoms with Crippen LogP contribution in [0.4, 0.5) is 0 Å². The van der Waals surface area contributed by atoms with Gasteiger partial charge in [-0.15, -0.1) is 0 Å². The van der Waals surface area contributed by atoms with E-state index in [1.165, 1.54) is 11.1 Å². The Morgan fingerprint density at radius 3 is 2.47 bits per heavy atom. The van der Waals surface area contributed by atoms with E-state index in [-0.39, 0.29) is 0 Å². The molecule has 0 fully saturated rings. The number of hydrogen-bond acceptors (Lipinski definition) is 2. The normalized spacial score (nSPS) is 12.5. The van der Waals surface area contributed by atoms with Gasteiger partial charge in [0, 0.05) is 13.7 Å². The Morgan fingerprint density at radius 2 is 1.94 bits per heavy atom. The zero-order chi connectivity index (χ0) is 13.0. The molecule has 94 valence electrons. The van der Waals surface area contributed by atoms with Crippen LogP contribution in [0.1, 0.15) is 34.6 Å². The number of carboxylic acid groups (broad SMARTS) is 1. The van der Waals surface area contributed by atoms with Gasteiger partial charge in [-0.3, -0.25) is 4.79 Å². The Kier molecular flexibility index (Phi) is 4.70. The molecule has 0 amide bonds. The second-order valence-corrected chi connectivity index (χ2v) is 4.39. The Hall–Kier alpha value is -1.35. The molecule has 3 nitrogen and oxygen atoms in total. The highest BCUT2D eigenvalue weighted by molar-refractivity contribution is 5.77. The molecular formula is C14H20O3. The summed E-state index contributed by atoms with van der Waals surface area (Å²) in [7, 11) is 1.59. The fourth-order valence-corrected chi connectivity index (χ4v) is 2.00. The number of aryl methyl sites for hydroxylation is 1. The van der Waals surface area contributed by atoms with E-state index < -0.39 is 11.9 Å². The van der Waals surface area contributed by atoms with E-state index in [1.54, 1.807) is 7.11 Å². The number of hydrogen-bond donors (Lipinski definition) is 1. The highest BCUT2D eigenvalue weighted by Gasteiger charge is 2.22. The van der Waals surface area contributed by atoms with Gasteiger partial charge in [-0.1, -0.05) is 12.1 Å². The van der Waals surface area contributed by atoms with Crippen molar-refractivity contribution in [3.8, 4) is 0 Å². The number of aliphatic carboxylic acids is 1. The van der Waals surface area contributed by atoms with E-state index in [0.29, 0.717) is 13.0 Å². The van der Waals surface area contributed by atoms with Gasteiger partial charge in [0.25, 0.3) is 0 Å². The highest BCUT2D eigenvalue weighted by atomic mass is 16.5. The smallest absolute Gasteiger partial charge is 0.311 e. The first-order chi connectivity index (χ1) is 7.99. The summed E-state index contributed by atoms with van der Waals surface area (Å²) in [5.74, 6) is -1.26. The molecule has 1 N–H and O–H groups in total. The van der Waals surface area contributed by atoms with Crippen LogP contribution in [-0.4, -0.2) is 24.8 Å². The topological polar surface area (TPSA) is 46.5 Å². The predicted octanol–water partition coefficient (Wildman–Crippen LogP) is 2.82. The largest absolute Gasteiger partial charge is 0.481 e. The first-order valence-electron chi connectivity index (χ1n) is 5.77. The summed E-state index contributed by atoms with van der Waals surface area (Å²) in [6.45, 7) is 6.52. The van der Waals surface area contributed by atoms with E-state index in [2.05, 4.69) is 0 Å². The second-order valence-electron chi connectivity index (χ2n) is 4.39. The maximum absolute atomic E-state index is 11.3. The molecule has 1 atom stereocenters. The third-order valence-corrected chi connectivity index (χ3v) is 3.38. The molecule has 0 heterocycles. The van der Waals surface area contributed by atoms with Gasteiger partial charge in [-0.05, 0) is 49.4 Å². The molecule has 1 rings (SSSR count). The second kappa shape index (κ2) is 5.82. The van der Waals surface area contributed by atoms with E-state index in [1.807, 2.05) is 32.9 Å². The predicted molar refractivity (Wildman–Crippen MR) is 67.5 cm³/mol. The monoisotopic (exact) mass is 236 g/mol. The van der Waals surface area contributed by atoms with E-state index in [0.717, 1.165) is 11.1 Å². The average Bonchev–Trinajstić information content (AvgIpc) is 2.28. The van der Waals surface area contributed by atoms with E-state index in [4.69, 9.17) is 4.74 Å². The van der Waals surface area contributed by atoms with Crippen molar-refractivity contribution in [1.29, 1.82) is 0 Å². The summed E-state index contributed by atoms with van der Waals surface area (Å²) < 4.78 is 4.97. The molecule has 0 saturated carbocycles. The van der Waals surface area contributed by atoms with Crippen LogP contribution < -0.4 is 0 Å². The minimum absolute atomic E-state index is 0.462. The zero-order valence-corrected chi connectivity index (χ0v) is 10.9. The molecule has 0 aliphatic rings. The summed E-state index contributed by atoms with van der Waals surface area (Å²) in [5.41, 5.74) is 4.35. The number of methoxy groups -OCH3 is 1. The quantitative estimate of drug-likeness (QED) is 0.855. The lowest BCUT2D eigenvalue weighted by molar-refractivity contribution is -0.139. The summed E-state index contributed by atoms with van der Waals surface area (Å²) >= 11 is 0. The van der Waals surface area contributed by atoms with Crippen LogP contribution in [0.2, 0.25) is 0 Å². The minimum atomic E-state index is -0.784. The maximum Gasteiger partial charge on any atom is 0.311 e. The number of carboxylic acids is 1. The molecule has 0 radical (unpaired) electrons. The minimum Gasteiger partial charge on any atom is -0.481 e. The maximum atomic E-state index is 11.3. The van der Waals surface area contributed by atoms with Gasteiger partial charge < -0.3 is 9.84 Å². The Morgan fingerprint density at radius 1 is 1.29 bits per heavy atom. The van der Waals surface area contributed by atoms with Gasteiger partial charge >= 0.3 is 5.97 Å². The molecule has 1 aromatic rings. The molecule has 0 aliphatic carbocycles. The van der Waals surface area contributed by atoms with Crippen molar-refractivity contribution in [2.45, 2.75) is 33.1 Å². The highest BCUT2D eigenvalue weighted by Crippen LogP contribution is 2.27. The van der Waals surface area contributed by atoms with Gasteiger partial charge in [0.05, 0.1) is 5.92 Å². The molecule has 0 saturated heterocycles. The Labute approximate surface area is 102 Å². The molecular weight excluding hydrogens is 216 g/mol. The van der Waals surface area contributed by atoms with Gasteiger partial charge in [0.15, 0.2) is 0 Å². The van der Waals surface area contributed by atoms with Crippen LogP contribution in [0.15, 0.2) is 12.1 Å². The summed E-state index contributed by atoms with van der Waals surface area (Å²) in [4.78, 5) is 11.3. The fraction of sp³-hybridized carbons (Fsp3) is 0.500. The van der Waals surface area contributed by atoms with Crippen LogP contribution in [0.3, 0.4) is 0 Å². The summed E-state index contributed by atoms with van der Waals surface area (Å²) in [6.07, 6.45) is 0.509. The van der Waals surface area contributed by atoms with E-state index in [9.17, 15) is 9.90 Å². The fourth-order valence-electron chi connectivity index (χ4n) is 2.00. The van der Waals surface area contributed by atoms with Crippen LogP contribution >= 0.6 is 0 Å². The SMILES string of the molecule is COCCC(C(=O)O)c1ccc(C)c(C)c1C. The molecule has 0 aromatic heterocycles. The van der Waals surface area contributed by atoms with Crippen molar-refractivity contribution < 1.29 is 14.6 Å². The average molecular weight is 236 g/mol. The number of rotatable bonds is 5. The molecule has 1 aromatic carbocycles. The van der Waals surface area contributed by atoms with Crippen LogP contribution in [-0.2, 0) is 9.53 Å². The molecule has 17 heavy (non-hydrogen) atoms. The Balaban J connectivity index is 3.10. The van der Waals surface area contributed by atoms with Crippen molar-refractivity contribution in [2.24, 2.45) is 0 Å². The number of carbonyl (C=O) groups is 1. The van der Waals surface area contributed by atoms with Crippen LogP contribution in [0, 0.1) is 20.8 Å². The van der Waals surface area contributed by atoms with Crippen molar-refractivity contribution in [1.82, 2.24) is 0 Å². The number of benzene rings is 1. The van der Waals surface area contributed by atoms with E-state index >= 15 is 0 Å². The van der Waals surface area contributed by atoms with Gasteiger partial charge in [0.1, 0.15) is 0 Å². The van der Waals surface area contributed by atoms with Crippen LogP contribution in [0.25, 0.3) is 0 Å². The first kappa shape index (κ1) is 13.7. The van der Waals surface area contributed by atoms with Crippen molar-refractivity contribution >= 4 is 5.97 Å². The molecule has 0 bridgehead atoms. The van der Waals surface area contributed by atoms with Gasteiger partial charge in [-0.25, -0.2) is 0 Å². The van der Waals surface area contributed by atoms with Gasteiger partial charge in [0.2, 0.25) is 0 Å². The molecule has 0 aliphatic heterocycles. The third-order valence-electron chi connectivity index (χ3n) is 3.38. The lowest BCUT2D eigenvalue weighted by Gasteiger charge is -2.17. The Bertz CT molecular complexity index is 410. The molecule has 1 unspecified atom stereocenters. The van der Waals surface area contributed by atoms with Crippen LogP contribution in [0.5, 0.6) is 0 Å². The van der Waals surface area contributed by atoms with Crippen molar-refractivity contribution in [3.05, 3.63) is 34.4 Å².